The summed E-state index contributed by atoms with van der Waals surface area (Å²) in [6, 6.07) is 7.56. The van der Waals surface area contributed by atoms with Gasteiger partial charge in [0.05, 0.1) is 31.6 Å². The van der Waals surface area contributed by atoms with Crippen LogP contribution >= 0.6 is 0 Å². The van der Waals surface area contributed by atoms with E-state index < -0.39 is 5.91 Å². The van der Waals surface area contributed by atoms with Crippen LogP contribution in [0.2, 0.25) is 0 Å². The summed E-state index contributed by atoms with van der Waals surface area (Å²) in [6.45, 7) is 4.66. The van der Waals surface area contributed by atoms with Gasteiger partial charge in [-0.05, 0) is 44.0 Å². The van der Waals surface area contributed by atoms with Crippen LogP contribution in [0, 0.1) is 11.8 Å². The first-order valence-electron chi connectivity index (χ1n) is 11.5. The van der Waals surface area contributed by atoms with Gasteiger partial charge in [-0.1, -0.05) is 12.2 Å². The maximum absolute atomic E-state index is 12.8. The van der Waals surface area contributed by atoms with Gasteiger partial charge in [-0.3, -0.25) is 24.1 Å². The van der Waals surface area contributed by atoms with Gasteiger partial charge in [0, 0.05) is 31.0 Å². The van der Waals surface area contributed by atoms with E-state index in [1.54, 1.807) is 6.92 Å². The number of fused-ring (bicyclic) bond motifs is 1. The second-order valence-electron chi connectivity index (χ2n) is 8.52. The monoisotopic (exact) mass is 454 g/mol. The lowest BCUT2D eigenvalue weighted by molar-refractivity contribution is -0.146. The lowest BCUT2D eigenvalue weighted by atomic mass is 9.85. The second-order valence-corrected chi connectivity index (χ2v) is 8.52. The predicted octanol–water partition coefficient (Wildman–Crippen LogP) is 1.26. The van der Waals surface area contributed by atoms with E-state index in [2.05, 4.69) is 10.2 Å². The molecule has 2 aliphatic heterocycles. The molecule has 0 radical (unpaired) electrons. The molecule has 1 aromatic carbocycles. The van der Waals surface area contributed by atoms with Crippen molar-refractivity contribution in [1.82, 2.24) is 9.80 Å². The molecule has 0 spiro atoms. The van der Waals surface area contributed by atoms with Crippen LogP contribution in [0.15, 0.2) is 36.4 Å². The van der Waals surface area contributed by atoms with E-state index in [1.165, 1.54) is 4.90 Å². The number of likely N-dealkylation sites (N-methyl/N-ethyl adjacent to an activating group) is 1. The van der Waals surface area contributed by atoms with Gasteiger partial charge in [0.1, 0.15) is 6.54 Å². The number of allylic oxidation sites excluding steroid dienone is 2. The van der Waals surface area contributed by atoms with Crippen molar-refractivity contribution in [2.45, 2.75) is 19.8 Å². The topological polar surface area (TPSA) is 99.3 Å². The molecular weight excluding hydrogens is 424 g/mol. The number of likely N-dealkylation sites (tertiary alicyclic amines) is 1. The zero-order chi connectivity index (χ0) is 23.4. The number of rotatable bonds is 7. The fraction of sp³-hybridized carbons (Fsp3) is 0.500. The molecule has 1 aliphatic carbocycles. The minimum absolute atomic E-state index is 0.148. The van der Waals surface area contributed by atoms with Crippen molar-refractivity contribution in [2.24, 2.45) is 11.8 Å². The first kappa shape index (κ1) is 23.0. The highest BCUT2D eigenvalue weighted by Gasteiger charge is 2.47. The standard InChI is InChI=1S/C24H30N4O5/c1-2-26(22(30)16-28-23(31)19-5-3-4-6-20(19)24(28)32)15-21(29)25-17-7-9-18(10-8-17)27-11-13-33-14-12-27/h3-4,7-10,19-20H,2,5-6,11-16H2,1H3,(H,25,29)/t19-,20+. The second kappa shape index (κ2) is 10.2. The maximum atomic E-state index is 12.8. The van der Waals surface area contributed by atoms with Crippen molar-refractivity contribution >= 4 is 35.0 Å². The van der Waals surface area contributed by atoms with Crippen LogP contribution in [0.1, 0.15) is 19.8 Å². The minimum atomic E-state index is -0.413. The summed E-state index contributed by atoms with van der Waals surface area (Å²) < 4.78 is 5.37. The molecular formula is C24H30N4O5. The first-order valence-corrected chi connectivity index (χ1v) is 11.5. The molecule has 2 atom stereocenters. The molecule has 9 heteroatoms. The number of anilines is 2. The summed E-state index contributed by atoms with van der Waals surface area (Å²) in [6.07, 6.45) is 4.88. The van der Waals surface area contributed by atoms with E-state index in [1.807, 2.05) is 36.4 Å². The number of nitrogens with one attached hydrogen (secondary N) is 1. The molecule has 2 heterocycles. The number of carbonyl (C=O) groups excluding carboxylic acids is 4. The normalized spacial score (nSPS) is 22.3. The zero-order valence-electron chi connectivity index (χ0n) is 18.9. The predicted molar refractivity (Wildman–Crippen MR) is 122 cm³/mol. The molecule has 33 heavy (non-hydrogen) atoms. The maximum Gasteiger partial charge on any atom is 0.243 e. The fourth-order valence-corrected chi connectivity index (χ4v) is 4.59. The Morgan fingerprint density at radius 2 is 1.64 bits per heavy atom. The highest BCUT2D eigenvalue weighted by atomic mass is 16.5. The summed E-state index contributed by atoms with van der Waals surface area (Å²) in [7, 11) is 0. The van der Waals surface area contributed by atoms with Crippen molar-refractivity contribution < 1.29 is 23.9 Å². The van der Waals surface area contributed by atoms with Crippen LogP contribution in [-0.4, -0.2) is 79.4 Å². The SMILES string of the molecule is CCN(CC(=O)Nc1ccc(N2CCOCC2)cc1)C(=O)CN1C(=O)[C@H]2CC=CC[C@H]2C1=O. The van der Waals surface area contributed by atoms with E-state index in [0.717, 1.165) is 23.7 Å². The minimum Gasteiger partial charge on any atom is -0.378 e. The molecule has 4 amide bonds. The number of morpholine rings is 1. The number of hydrogen-bond acceptors (Lipinski definition) is 6. The van der Waals surface area contributed by atoms with Gasteiger partial charge in [-0.25, -0.2) is 0 Å². The summed E-state index contributed by atoms with van der Waals surface area (Å²) in [5.74, 6) is -2.06. The number of nitrogens with zero attached hydrogens (tertiary/aromatic N) is 3. The van der Waals surface area contributed by atoms with Gasteiger partial charge in [-0.2, -0.15) is 0 Å². The first-order chi connectivity index (χ1) is 16.0. The Morgan fingerprint density at radius 3 is 2.21 bits per heavy atom. The van der Waals surface area contributed by atoms with Gasteiger partial charge < -0.3 is 19.9 Å². The van der Waals surface area contributed by atoms with Crippen LogP contribution in [0.4, 0.5) is 11.4 Å². The number of hydrogen-bond donors (Lipinski definition) is 1. The van der Waals surface area contributed by atoms with E-state index in [0.29, 0.717) is 38.3 Å². The lowest BCUT2D eigenvalue weighted by Gasteiger charge is -2.29. The van der Waals surface area contributed by atoms with Gasteiger partial charge in [0.25, 0.3) is 0 Å². The largest absolute Gasteiger partial charge is 0.378 e. The van der Waals surface area contributed by atoms with Crippen molar-refractivity contribution in [3.05, 3.63) is 36.4 Å². The quantitative estimate of drug-likeness (QED) is 0.492. The Morgan fingerprint density at radius 1 is 1.03 bits per heavy atom. The van der Waals surface area contributed by atoms with Gasteiger partial charge in [-0.15, -0.1) is 0 Å². The third-order valence-corrected chi connectivity index (χ3v) is 6.49. The molecule has 1 N–H and O–H groups in total. The molecule has 3 aliphatic rings. The van der Waals surface area contributed by atoms with E-state index in [4.69, 9.17) is 4.74 Å². The number of amides is 4. The molecule has 2 fully saturated rings. The van der Waals surface area contributed by atoms with E-state index >= 15 is 0 Å². The molecule has 0 bridgehead atoms. The Bertz CT molecular complexity index is 913. The molecule has 0 saturated carbocycles. The Balaban J connectivity index is 1.30. The summed E-state index contributed by atoms with van der Waals surface area (Å²) >= 11 is 0. The third-order valence-electron chi connectivity index (χ3n) is 6.49. The van der Waals surface area contributed by atoms with Crippen LogP contribution in [0.5, 0.6) is 0 Å². The van der Waals surface area contributed by atoms with Crippen molar-refractivity contribution in [1.29, 1.82) is 0 Å². The number of ether oxygens (including phenoxy) is 1. The molecule has 1 aromatic rings. The molecule has 9 nitrogen and oxygen atoms in total. The summed E-state index contributed by atoms with van der Waals surface area (Å²) in [4.78, 5) is 55.2. The van der Waals surface area contributed by atoms with E-state index in [9.17, 15) is 19.2 Å². The third kappa shape index (κ3) is 5.08. The zero-order valence-corrected chi connectivity index (χ0v) is 18.9. The molecule has 2 saturated heterocycles. The number of benzene rings is 1. The molecule has 4 rings (SSSR count). The summed E-state index contributed by atoms with van der Waals surface area (Å²) in [5, 5.41) is 2.81. The van der Waals surface area contributed by atoms with Gasteiger partial charge >= 0.3 is 0 Å². The molecule has 176 valence electrons. The highest BCUT2D eigenvalue weighted by molar-refractivity contribution is 6.07. The Labute approximate surface area is 193 Å². The van der Waals surface area contributed by atoms with E-state index in [-0.39, 0.29) is 42.6 Å². The highest BCUT2D eigenvalue weighted by Crippen LogP contribution is 2.34. The average Bonchev–Trinajstić information content (AvgIpc) is 3.08. The number of imide groups is 1. The average molecular weight is 455 g/mol. The van der Waals surface area contributed by atoms with Crippen molar-refractivity contribution in [2.75, 3.05) is 56.2 Å². The fourth-order valence-electron chi connectivity index (χ4n) is 4.59. The van der Waals surface area contributed by atoms with Gasteiger partial charge in [0.15, 0.2) is 0 Å². The van der Waals surface area contributed by atoms with Crippen LogP contribution in [0.3, 0.4) is 0 Å². The van der Waals surface area contributed by atoms with Crippen LogP contribution in [-0.2, 0) is 23.9 Å². The molecule has 0 aromatic heterocycles. The smallest absolute Gasteiger partial charge is 0.243 e. The molecule has 0 unspecified atom stereocenters. The summed E-state index contributed by atoms with van der Waals surface area (Å²) in [5.41, 5.74) is 1.71. The lowest BCUT2D eigenvalue weighted by Crippen LogP contribution is -2.45. The Kier molecular flexibility index (Phi) is 7.08. The van der Waals surface area contributed by atoms with Crippen LogP contribution < -0.4 is 10.2 Å². The van der Waals surface area contributed by atoms with Crippen LogP contribution in [0.25, 0.3) is 0 Å². The Hall–Kier alpha value is -3.20. The number of carbonyl (C=O) groups is 4. The van der Waals surface area contributed by atoms with Crippen molar-refractivity contribution in [3.8, 4) is 0 Å². The van der Waals surface area contributed by atoms with Crippen molar-refractivity contribution in [3.63, 3.8) is 0 Å². The van der Waals surface area contributed by atoms with Gasteiger partial charge in [0.2, 0.25) is 23.6 Å².